The molecule has 6 heteroatoms. The molecule has 2 N–H and O–H groups in total. The van der Waals surface area contributed by atoms with Gasteiger partial charge in [-0.1, -0.05) is 12.1 Å². The van der Waals surface area contributed by atoms with Crippen molar-refractivity contribution in [2.24, 2.45) is 0 Å². The molecule has 1 unspecified atom stereocenters. The summed E-state index contributed by atoms with van der Waals surface area (Å²) in [6, 6.07) is 7.60. The fourth-order valence-electron chi connectivity index (χ4n) is 2.86. The maximum atomic E-state index is 12.2. The molecule has 0 spiro atoms. The highest BCUT2D eigenvalue weighted by molar-refractivity contribution is 5.88. The molecule has 1 aliphatic heterocycles. The predicted molar refractivity (Wildman–Crippen MR) is 93.3 cm³/mol. The lowest BCUT2D eigenvalue weighted by Gasteiger charge is -2.22. The average molecular weight is 328 g/mol. The molecule has 2 aromatic rings. The van der Waals surface area contributed by atoms with Gasteiger partial charge in [0.05, 0.1) is 11.7 Å². The van der Waals surface area contributed by atoms with Crippen molar-refractivity contribution in [2.45, 2.75) is 52.3 Å². The fourth-order valence-corrected chi connectivity index (χ4v) is 2.86. The molecule has 0 aliphatic carbocycles. The van der Waals surface area contributed by atoms with E-state index < -0.39 is 0 Å². The Morgan fingerprint density at radius 2 is 2.17 bits per heavy atom. The molecule has 1 aromatic carbocycles. The molecule has 1 aromatic heterocycles. The lowest BCUT2D eigenvalue weighted by molar-refractivity contribution is 0.251. The topological polar surface area (TPSA) is 68.2 Å². The van der Waals surface area contributed by atoms with Gasteiger partial charge in [-0.25, -0.2) is 9.48 Å². The number of carbonyl (C=O) groups is 1. The second-order valence-electron chi connectivity index (χ2n) is 7.18. The van der Waals surface area contributed by atoms with E-state index in [2.05, 4.69) is 28.7 Å². The highest BCUT2D eigenvalue weighted by Gasteiger charge is 2.20. The molecule has 1 atom stereocenters. The minimum absolute atomic E-state index is 0.192. The molecule has 24 heavy (non-hydrogen) atoms. The number of hydrogen-bond donors (Lipinski definition) is 2. The van der Waals surface area contributed by atoms with Crippen LogP contribution in [0.2, 0.25) is 0 Å². The number of fused-ring (bicyclic) bond motifs is 1. The Kier molecular flexibility index (Phi) is 4.22. The van der Waals surface area contributed by atoms with Crippen LogP contribution < -0.4 is 15.4 Å². The molecule has 1 aliphatic rings. The van der Waals surface area contributed by atoms with Crippen LogP contribution in [0.1, 0.15) is 38.8 Å². The van der Waals surface area contributed by atoms with Gasteiger partial charge in [-0.05, 0) is 44.9 Å². The van der Waals surface area contributed by atoms with E-state index in [1.807, 2.05) is 32.9 Å². The molecular formula is C18H24N4O2. The summed E-state index contributed by atoms with van der Waals surface area (Å²) in [4.78, 5) is 12.2. The highest BCUT2D eigenvalue weighted by Crippen LogP contribution is 2.29. The Hall–Kier alpha value is -2.50. The van der Waals surface area contributed by atoms with Crippen LogP contribution in [-0.2, 0) is 18.5 Å². The van der Waals surface area contributed by atoms with Crippen molar-refractivity contribution in [2.75, 3.05) is 5.32 Å². The number of hydrogen-bond acceptors (Lipinski definition) is 3. The van der Waals surface area contributed by atoms with Crippen molar-refractivity contribution in [3.63, 3.8) is 0 Å². The lowest BCUT2D eigenvalue weighted by Crippen LogP contribution is -2.32. The lowest BCUT2D eigenvalue weighted by atomic mass is 10.1. The number of carbonyl (C=O) groups excluding carboxylic acids is 1. The maximum absolute atomic E-state index is 12.2. The van der Waals surface area contributed by atoms with Gasteiger partial charge < -0.3 is 10.1 Å². The molecule has 2 amide bonds. The standard InChI is InChI=1S/C18H24N4O2/c1-12-9-14-10-13(5-6-15(14)24-12)11-19-17(23)21-16-7-8-20-22(16)18(2,3)4/h5-8,10,12H,9,11H2,1-4H3,(H2,19,21,23). The molecule has 3 rings (SSSR count). The number of aromatic nitrogens is 2. The molecule has 0 saturated carbocycles. The zero-order chi connectivity index (χ0) is 17.3. The number of anilines is 1. The van der Waals surface area contributed by atoms with Crippen molar-refractivity contribution in [3.8, 4) is 5.75 Å². The Bertz CT molecular complexity index is 746. The van der Waals surface area contributed by atoms with Gasteiger partial charge in [-0.15, -0.1) is 0 Å². The molecule has 128 valence electrons. The molecule has 0 fully saturated rings. The second-order valence-corrected chi connectivity index (χ2v) is 7.18. The number of ether oxygens (including phenoxy) is 1. The quantitative estimate of drug-likeness (QED) is 0.908. The molecular weight excluding hydrogens is 304 g/mol. The average Bonchev–Trinajstić information content (AvgIpc) is 3.09. The minimum Gasteiger partial charge on any atom is -0.490 e. The monoisotopic (exact) mass is 328 g/mol. The number of amides is 2. The summed E-state index contributed by atoms with van der Waals surface area (Å²) in [6.45, 7) is 8.64. The second kappa shape index (κ2) is 6.19. The van der Waals surface area contributed by atoms with Crippen LogP contribution in [0.4, 0.5) is 10.6 Å². The third-order valence-electron chi connectivity index (χ3n) is 3.93. The summed E-state index contributed by atoms with van der Waals surface area (Å²) < 4.78 is 7.49. The summed E-state index contributed by atoms with van der Waals surface area (Å²) in [5.41, 5.74) is 2.07. The molecule has 2 heterocycles. The SMILES string of the molecule is CC1Cc2cc(CNC(=O)Nc3ccnn3C(C)(C)C)ccc2O1. The van der Waals surface area contributed by atoms with Gasteiger partial charge in [-0.3, -0.25) is 5.32 Å². The van der Waals surface area contributed by atoms with E-state index in [0.29, 0.717) is 12.4 Å². The zero-order valence-corrected chi connectivity index (χ0v) is 14.6. The summed E-state index contributed by atoms with van der Waals surface area (Å²) in [6.07, 6.45) is 2.83. The van der Waals surface area contributed by atoms with Crippen LogP contribution in [0.25, 0.3) is 0 Å². The number of urea groups is 1. The first-order valence-corrected chi connectivity index (χ1v) is 8.21. The first kappa shape index (κ1) is 16.4. The van der Waals surface area contributed by atoms with Crippen LogP contribution in [-0.4, -0.2) is 21.9 Å². The van der Waals surface area contributed by atoms with E-state index in [1.165, 1.54) is 5.56 Å². The first-order valence-electron chi connectivity index (χ1n) is 8.21. The van der Waals surface area contributed by atoms with E-state index in [9.17, 15) is 4.79 Å². The van der Waals surface area contributed by atoms with Crippen molar-refractivity contribution in [3.05, 3.63) is 41.6 Å². The number of rotatable bonds is 3. The maximum Gasteiger partial charge on any atom is 0.320 e. The van der Waals surface area contributed by atoms with E-state index in [1.54, 1.807) is 16.9 Å². The Morgan fingerprint density at radius 1 is 1.38 bits per heavy atom. The van der Waals surface area contributed by atoms with E-state index in [4.69, 9.17) is 4.74 Å². The van der Waals surface area contributed by atoms with Crippen molar-refractivity contribution in [1.29, 1.82) is 0 Å². The van der Waals surface area contributed by atoms with E-state index >= 15 is 0 Å². The minimum atomic E-state index is -0.244. The number of benzene rings is 1. The van der Waals surface area contributed by atoms with Gasteiger partial charge >= 0.3 is 6.03 Å². The van der Waals surface area contributed by atoms with Gasteiger partial charge in [0.25, 0.3) is 0 Å². The third-order valence-corrected chi connectivity index (χ3v) is 3.93. The van der Waals surface area contributed by atoms with Crippen molar-refractivity contribution in [1.82, 2.24) is 15.1 Å². The van der Waals surface area contributed by atoms with E-state index in [0.717, 1.165) is 17.7 Å². The predicted octanol–water partition coefficient (Wildman–Crippen LogP) is 3.28. The van der Waals surface area contributed by atoms with Gasteiger partial charge in [-0.2, -0.15) is 5.10 Å². The van der Waals surface area contributed by atoms with Crippen molar-refractivity contribution >= 4 is 11.8 Å². The number of nitrogens with zero attached hydrogens (tertiary/aromatic N) is 2. The van der Waals surface area contributed by atoms with E-state index in [-0.39, 0.29) is 17.7 Å². The van der Waals surface area contributed by atoms with Gasteiger partial charge in [0, 0.05) is 19.0 Å². The Labute approximate surface area is 142 Å². The van der Waals surface area contributed by atoms with Crippen LogP contribution in [0.15, 0.2) is 30.5 Å². The van der Waals surface area contributed by atoms with Crippen LogP contribution >= 0.6 is 0 Å². The third kappa shape index (κ3) is 3.53. The fraction of sp³-hybridized carbons (Fsp3) is 0.444. The largest absolute Gasteiger partial charge is 0.490 e. The van der Waals surface area contributed by atoms with Crippen LogP contribution in [0.3, 0.4) is 0 Å². The van der Waals surface area contributed by atoms with Crippen LogP contribution in [0.5, 0.6) is 5.75 Å². The van der Waals surface area contributed by atoms with Gasteiger partial charge in [0.2, 0.25) is 0 Å². The van der Waals surface area contributed by atoms with Crippen molar-refractivity contribution < 1.29 is 9.53 Å². The summed E-state index contributed by atoms with van der Waals surface area (Å²) in [7, 11) is 0. The van der Waals surface area contributed by atoms with Gasteiger partial charge in [0.15, 0.2) is 0 Å². The zero-order valence-electron chi connectivity index (χ0n) is 14.6. The smallest absolute Gasteiger partial charge is 0.320 e. The first-order chi connectivity index (χ1) is 11.3. The van der Waals surface area contributed by atoms with Gasteiger partial charge in [0.1, 0.15) is 17.7 Å². The summed E-state index contributed by atoms with van der Waals surface area (Å²) in [5, 5.41) is 10.0. The molecule has 0 bridgehead atoms. The Morgan fingerprint density at radius 3 is 2.92 bits per heavy atom. The molecule has 6 nitrogen and oxygen atoms in total. The number of nitrogens with one attached hydrogen (secondary N) is 2. The summed E-state index contributed by atoms with van der Waals surface area (Å²) in [5.74, 6) is 1.63. The van der Waals surface area contributed by atoms with Crippen LogP contribution in [0, 0.1) is 0 Å². The molecule has 0 radical (unpaired) electrons. The normalized spacial score (nSPS) is 16.4. The summed E-state index contributed by atoms with van der Waals surface area (Å²) >= 11 is 0. The Balaban J connectivity index is 1.59. The highest BCUT2D eigenvalue weighted by atomic mass is 16.5. The molecule has 0 saturated heterocycles.